The third-order valence-electron chi connectivity index (χ3n) is 2.50. The minimum absolute atomic E-state index is 0.0561. The summed E-state index contributed by atoms with van der Waals surface area (Å²) >= 11 is 4.98. The van der Waals surface area contributed by atoms with Crippen LogP contribution in [-0.4, -0.2) is 16.1 Å². The third-order valence-corrected chi connectivity index (χ3v) is 4.28. The lowest BCUT2D eigenvalue weighted by molar-refractivity contribution is -0.136. The second-order valence-corrected chi connectivity index (χ2v) is 5.98. The summed E-state index contributed by atoms with van der Waals surface area (Å²) in [6.45, 7) is 1.95. The van der Waals surface area contributed by atoms with Gasteiger partial charge in [-0.1, -0.05) is 23.9 Å². The van der Waals surface area contributed by atoms with Crippen molar-refractivity contribution in [3.8, 4) is 0 Å². The highest BCUT2D eigenvalue weighted by Crippen LogP contribution is 2.28. The van der Waals surface area contributed by atoms with E-state index >= 15 is 0 Å². The van der Waals surface area contributed by atoms with E-state index in [1.165, 1.54) is 0 Å². The quantitative estimate of drug-likeness (QED) is 0.918. The first kappa shape index (κ1) is 14.1. The summed E-state index contributed by atoms with van der Waals surface area (Å²) in [5.74, 6) is -0.814. The molecule has 2 rings (SSSR count). The van der Waals surface area contributed by atoms with Gasteiger partial charge in [-0.2, -0.15) is 0 Å². The van der Waals surface area contributed by atoms with E-state index in [1.54, 1.807) is 11.8 Å². The lowest BCUT2D eigenvalue weighted by atomic mass is 10.2. The Bertz CT molecular complexity index is 599. The van der Waals surface area contributed by atoms with Gasteiger partial charge in [-0.15, -0.1) is 0 Å². The van der Waals surface area contributed by atoms with E-state index in [0.29, 0.717) is 0 Å². The van der Waals surface area contributed by atoms with Crippen LogP contribution >= 0.6 is 27.7 Å². The molecule has 1 aromatic carbocycles. The van der Waals surface area contributed by atoms with Crippen molar-refractivity contribution in [2.45, 2.75) is 23.3 Å². The van der Waals surface area contributed by atoms with Gasteiger partial charge in [-0.3, -0.25) is 4.79 Å². The number of halogens is 1. The Labute approximate surface area is 124 Å². The fourth-order valence-electron chi connectivity index (χ4n) is 1.55. The molecule has 1 N–H and O–H groups in total. The average Bonchev–Trinajstić information content (AvgIpc) is 2.36. The van der Waals surface area contributed by atoms with Crippen LogP contribution in [0.15, 0.2) is 50.8 Å². The van der Waals surface area contributed by atoms with Gasteiger partial charge in [0.1, 0.15) is 5.03 Å². The maximum absolute atomic E-state index is 10.6. The Morgan fingerprint density at radius 2 is 1.95 bits per heavy atom. The van der Waals surface area contributed by atoms with Crippen molar-refractivity contribution in [1.82, 2.24) is 4.98 Å². The molecule has 0 radical (unpaired) electrons. The molecule has 3 nitrogen and oxygen atoms in total. The third kappa shape index (κ3) is 4.08. The monoisotopic (exact) mass is 337 g/mol. The molecule has 0 saturated carbocycles. The largest absolute Gasteiger partial charge is 0.481 e. The van der Waals surface area contributed by atoms with Crippen LogP contribution in [0.2, 0.25) is 0 Å². The van der Waals surface area contributed by atoms with Gasteiger partial charge in [0, 0.05) is 9.37 Å². The van der Waals surface area contributed by atoms with Crippen LogP contribution in [-0.2, 0) is 11.2 Å². The van der Waals surface area contributed by atoms with Crippen molar-refractivity contribution < 1.29 is 9.90 Å². The molecule has 0 atom stereocenters. The first-order valence-electron chi connectivity index (χ1n) is 5.66. The van der Waals surface area contributed by atoms with Crippen LogP contribution in [0.3, 0.4) is 0 Å². The molecule has 0 aliphatic carbocycles. The van der Waals surface area contributed by atoms with Crippen LogP contribution in [0.1, 0.15) is 11.3 Å². The molecule has 0 fully saturated rings. The molecular weight excluding hydrogens is 326 g/mol. The molecule has 0 bridgehead atoms. The van der Waals surface area contributed by atoms with Gasteiger partial charge in [0.15, 0.2) is 0 Å². The van der Waals surface area contributed by atoms with E-state index in [1.807, 2.05) is 43.3 Å². The summed E-state index contributed by atoms with van der Waals surface area (Å²) < 4.78 is 0.994. The highest BCUT2D eigenvalue weighted by molar-refractivity contribution is 9.10. The van der Waals surface area contributed by atoms with E-state index in [-0.39, 0.29) is 6.42 Å². The highest BCUT2D eigenvalue weighted by atomic mass is 79.9. The first-order valence-corrected chi connectivity index (χ1v) is 7.27. The molecule has 98 valence electrons. The fourth-order valence-corrected chi connectivity index (χ4v) is 2.60. The van der Waals surface area contributed by atoms with Crippen LogP contribution in [0.4, 0.5) is 0 Å². The number of benzene rings is 1. The zero-order valence-electron chi connectivity index (χ0n) is 10.3. The summed E-state index contributed by atoms with van der Waals surface area (Å²) in [5.41, 5.74) is 1.75. The molecule has 0 saturated heterocycles. The topological polar surface area (TPSA) is 50.2 Å². The van der Waals surface area contributed by atoms with Crippen molar-refractivity contribution in [2.75, 3.05) is 0 Å². The molecule has 19 heavy (non-hydrogen) atoms. The molecule has 5 heteroatoms. The molecule has 2 aromatic rings. The van der Waals surface area contributed by atoms with Crippen molar-refractivity contribution in [3.05, 3.63) is 52.1 Å². The van der Waals surface area contributed by atoms with Gasteiger partial charge < -0.3 is 5.11 Å². The minimum atomic E-state index is -0.814. The second-order valence-electron chi connectivity index (χ2n) is 4.03. The summed E-state index contributed by atoms with van der Waals surface area (Å²) in [7, 11) is 0. The van der Waals surface area contributed by atoms with E-state index in [4.69, 9.17) is 5.11 Å². The zero-order chi connectivity index (χ0) is 13.8. The summed E-state index contributed by atoms with van der Waals surface area (Å²) in [5, 5.41) is 9.63. The predicted octanol–water partition coefficient (Wildman–Crippen LogP) is 3.93. The van der Waals surface area contributed by atoms with Crippen LogP contribution in [0.25, 0.3) is 0 Å². The standard InChI is InChI=1S/C14H12BrNO2S/c1-9-12(15)6-7-13(16-9)19-11-4-2-10(3-5-11)8-14(17)18/h2-7H,8H2,1H3,(H,17,18). The van der Waals surface area contributed by atoms with Gasteiger partial charge >= 0.3 is 5.97 Å². The number of aryl methyl sites for hydroxylation is 1. The molecule has 1 aromatic heterocycles. The van der Waals surface area contributed by atoms with Gasteiger partial charge in [0.05, 0.1) is 12.1 Å². The fraction of sp³-hybridized carbons (Fsp3) is 0.143. The smallest absolute Gasteiger partial charge is 0.307 e. The molecule has 0 aliphatic heterocycles. The van der Waals surface area contributed by atoms with E-state index < -0.39 is 5.97 Å². The van der Waals surface area contributed by atoms with Crippen molar-refractivity contribution >= 4 is 33.7 Å². The Hall–Kier alpha value is -1.33. The Balaban J connectivity index is 2.10. The van der Waals surface area contributed by atoms with Crippen LogP contribution < -0.4 is 0 Å². The van der Waals surface area contributed by atoms with Crippen LogP contribution in [0, 0.1) is 6.92 Å². The van der Waals surface area contributed by atoms with E-state index in [2.05, 4.69) is 20.9 Å². The van der Waals surface area contributed by atoms with E-state index in [0.717, 1.165) is 25.7 Å². The van der Waals surface area contributed by atoms with Crippen molar-refractivity contribution in [1.29, 1.82) is 0 Å². The molecule has 0 amide bonds. The maximum atomic E-state index is 10.6. The number of aliphatic carboxylic acids is 1. The lowest BCUT2D eigenvalue weighted by Crippen LogP contribution is -1.99. The van der Waals surface area contributed by atoms with Crippen molar-refractivity contribution in [3.63, 3.8) is 0 Å². The first-order chi connectivity index (χ1) is 9.04. The number of carboxylic acid groups (broad SMARTS) is 1. The number of carbonyl (C=O) groups is 1. The van der Waals surface area contributed by atoms with Crippen molar-refractivity contribution in [2.24, 2.45) is 0 Å². The lowest BCUT2D eigenvalue weighted by Gasteiger charge is -2.04. The summed E-state index contributed by atoms with van der Waals surface area (Å²) in [6, 6.07) is 11.4. The number of pyridine rings is 1. The average molecular weight is 338 g/mol. The summed E-state index contributed by atoms with van der Waals surface area (Å²) in [4.78, 5) is 16.1. The van der Waals surface area contributed by atoms with Gasteiger partial charge in [0.2, 0.25) is 0 Å². The Kier molecular flexibility index (Phi) is 4.61. The molecule has 0 spiro atoms. The number of carboxylic acids is 1. The van der Waals surface area contributed by atoms with Gasteiger partial charge in [0.25, 0.3) is 0 Å². The molecule has 0 aliphatic rings. The number of nitrogens with zero attached hydrogens (tertiary/aromatic N) is 1. The number of rotatable bonds is 4. The SMILES string of the molecule is Cc1nc(Sc2ccc(CC(=O)O)cc2)ccc1Br. The zero-order valence-corrected chi connectivity index (χ0v) is 12.7. The number of hydrogen-bond acceptors (Lipinski definition) is 3. The number of hydrogen-bond donors (Lipinski definition) is 1. The van der Waals surface area contributed by atoms with Gasteiger partial charge in [-0.05, 0) is 52.7 Å². The number of aromatic nitrogens is 1. The summed E-state index contributed by atoms with van der Waals surface area (Å²) in [6.07, 6.45) is 0.0561. The molecular formula is C14H12BrNO2S. The highest BCUT2D eigenvalue weighted by Gasteiger charge is 2.03. The minimum Gasteiger partial charge on any atom is -0.481 e. The van der Waals surface area contributed by atoms with Crippen LogP contribution in [0.5, 0.6) is 0 Å². The Morgan fingerprint density at radius 3 is 2.53 bits per heavy atom. The normalized spacial score (nSPS) is 10.4. The molecule has 0 unspecified atom stereocenters. The maximum Gasteiger partial charge on any atom is 0.307 e. The predicted molar refractivity (Wildman–Crippen MR) is 78.6 cm³/mol. The second kappa shape index (κ2) is 6.21. The van der Waals surface area contributed by atoms with E-state index in [9.17, 15) is 4.79 Å². The molecule has 1 heterocycles. The van der Waals surface area contributed by atoms with Gasteiger partial charge in [-0.25, -0.2) is 4.98 Å². The Morgan fingerprint density at radius 1 is 1.26 bits per heavy atom.